The van der Waals surface area contributed by atoms with Crippen LogP contribution in [0.25, 0.3) is 0 Å². The van der Waals surface area contributed by atoms with Crippen LogP contribution in [0.4, 0.5) is 0 Å². The van der Waals surface area contributed by atoms with E-state index in [0.717, 1.165) is 11.8 Å². The van der Waals surface area contributed by atoms with Crippen molar-refractivity contribution in [3.8, 4) is 11.5 Å². The van der Waals surface area contributed by atoms with E-state index in [1.807, 2.05) is 24.3 Å². The monoisotopic (exact) mass is 644 g/mol. The molecule has 0 spiro atoms. The van der Waals surface area contributed by atoms with E-state index < -0.39 is 0 Å². The lowest BCUT2D eigenvalue weighted by atomic mass is 9.59. The second kappa shape index (κ2) is 14.9. The van der Waals surface area contributed by atoms with Gasteiger partial charge in [0.15, 0.2) is 0 Å². The zero-order valence-corrected chi connectivity index (χ0v) is 30.8. The van der Waals surface area contributed by atoms with Crippen molar-refractivity contribution < 1.29 is 10.2 Å². The molecule has 0 amide bonds. The van der Waals surface area contributed by atoms with Gasteiger partial charge < -0.3 is 10.2 Å². The Bertz CT molecular complexity index is 1580. The number of phenols is 2. The van der Waals surface area contributed by atoms with Crippen molar-refractivity contribution in [2.45, 2.75) is 117 Å². The molecule has 6 unspecified atom stereocenters. The average molecular weight is 645 g/mol. The number of aryl methyl sites for hydroxylation is 2. The quantitative estimate of drug-likeness (QED) is 0.219. The van der Waals surface area contributed by atoms with E-state index in [1.165, 1.54) is 71.9 Å². The second-order valence-electron chi connectivity index (χ2n) is 16.5. The van der Waals surface area contributed by atoms with Crippen molar-refractivity contribution in [1.29, 1.82) is 0 Å². The first-order chi connectivity index (χ1) is 22.8. The van der Waals surface area contributed by atoms with Gasteiger partial charge in [0.05, 0.1) is 0 Å². The van der Waals surface area contributed by atoms with Gasteiger partial charge in [-0.05, 0) is 145 Å². The summed E-state index contributed by atoms with van der Waals surface area (Å²) >= 11 is 0. The predicted octanol–water partition coefficient (Wildman–Crippen LogP) is 12.4. The Morgan fingerprint density at radius 3 is 1.69 bits per heavy atom. The minimum Gasteiger partial charge on any atom is -0.508 e. The normalized spacial score (nSPS) is 26.1. The topological polar surface area (TPSA) is 40.5 Å². The molecule has 2 fully saturated rings. The molecule has 0 saturated heterocycles. The highest BCUT2D eigenvalue weighted by atomic mass is 16.3. The van der Waals surface area contributed by atoms with Crippen LogP contribution in [-0.4, -0.2) is 10.2 Å². The van der Waals surface area contributed by atoms with Gasteiger partial charge in [0.1, 0.15) is 11.5 Å². The van der Waals surface area contributed by atoms with Crippen LogP contribution in [0.15, 0.2) is 97.1 Å². The highest BCUT2D eigenvalue weighted by molar-refractivity contribution is 5.35. The number of hydrogen-bond donors (Lipinski definition) is 2. The van der Waals surface area contributed by atoms with Crippen molar-refractivity contribution in [3.63, 3.8) is 0 Å². The van der Waals surface area contributed by atoms with E-state index in [9.17, 15) is 10.2 Å². The number of aromatic hydroxyl groups is 2. The summed E-state index contributed by atoms with van der Waals surface area (Å²) in [5.41, 5.74) is 8.68. The van der Waals surface area contributed by atoms with Gasteiger partial charge in [0.2, 0.25) is 0 Å². The van der Waals surface area contributed by atoms with E-state index >= 15 is 0 Å². The largest absolute Gasteiger partial charge is 0.508 e. The molecule has 0 aromatic heterocycles. The predicted molar refractivity (Wildman–Crippen MR) is 203 cm³/mol. The minimum atomic E-state index is 0.136. The summed E-state index contributed by atoms with van der Waals surface area (Å²) in [6.45, 7) is 18.6. The smallest absolute Gasteiger partial charge is 0.115 e. The first kappa shape index (κ1) is 35.8. The highest BCUT2D eigenvalue weighted by Gasteiger charge is 2.41. The third kappa shape index (κ3) is 8.19. The average Bonchev–Trinajstić information content (AvgIpc) is 3.06. The number of hydrogen-bond acceptors (Lipinski definition) is 2. The van der Waals surface area contributed by atoms with E-state index in [4.69, 9.17) is 0 Å². The van der Waals surface area contributed by atoms with Crippen LogP contribution in [0, 0.1) is 37.5 Å². The molecule has 6 atom stereocenters. The third-order valence-electron chi connectivity index (χ3n) is 12.5. The molecule has 2 N–H and O–H groups in total. The van der Waals surface area contributed by atoms with Gasteiger partial charge >= 0.3 is 0 Å². The molecule has 0 bridgehead atoms. The first-order valence-corrected chi connectivity index (χ1v) is 18.5. The SMILES string of the molecule is Cc1ccc(C2CC(C(C)(C)c3ccc(O)cc3)CCC2C)cc1.Cc1ccc(C2CC(C)(c3ccc(O)cc3)CCC2C(C)C)cc1. The van der Waals surface area contributed by atoms with Gasteiger partial charge in [-0.3, -0.25) is 0 Å². The lowest BCUT2D eigenvalue weighted by molar-refractivity contribution is 0.171. The third-order valence-corrected chi connectivity index (χ3v) is 12.5. The molecular weight excluding hydrogens is 585 g/mol. The van der Waals surface area contributed by atoms with Crippen molar-refractivity contribution in [2.75, 3.05) is 0 Å². The standard InChI is InChI=1S/2C23H30O/c1-16-5-8-18(9-6-16)22-15-20(10-7-17(22)2)23(3,4)19-11-13-21(24)14-12-19;1-16(2)21-13-14-23(4,19-9-11-20(24)12-10-19)15-22(21)18-7-5-17(3)6-8-18/h5-6,8-9,11-14,17,20,22,24H,7,10,15H2,1-4H3;5-12,16,21-22,24H,13-15H2,1-4H3. The number of rotatable bonds is 6. The fourth-order valence-electron chi connectivity index (χ4n) is 8.91. The molecule has 2 saturated carbocycles. The second-order valence-corrected chi connectivity index (χ2v) is 16.5. The van der Waals surface area contributed by atoms with E-state index in [-0.39, 0.29) is 10.8 Å². The molecule has 0 radical (unpaired) electrons. The van der Waals surface area contributed by atoms with Crippen LogP contribution >= 0.6 is 0 Å². The Morgan fingerprint density at radius 2 is 1.17 bits per heavy atom. The van der Waals surface area contributed by atoms with E-state index in [1.54, 1.807) is 0 Å². The number of phenolic OH excluding ortho intramolecular Hbond substituents is 2. The highest BCUT2D eigenvalue weighted by Crippen LogP contribution is 2.51. The van der Waals surface area contributed by atoms with Gasteiger partial charge in [0.25, 0.3) is 0 Å². The van der Waals surface area contributed by atoms with Gasteiger partial charge in [-0.2, -0.15) is 0 Å². The fraction of sp³-hybridized carbons (Fsp3) is 0.478. The van der Waals surface area contributed by atoms with Crippen molar-refractivity contribution in [3.05, 3.63) is 130 Å². The summed E-state index contributed by atoms with van der Waals surface area (Å²) in [4.78, 5) is 0. The maximum absolute atomic E-state index is 9.61. The Morgan fingerprint density at radius 1 is 0.667 bits per heavy atom. The van der Waals surface area contributed by atoms with Crippen LogP contribution in [0.5, 0.6) is 11.5 Å². The molecule has 4 aromatic rings. The molecule has 256 valence electrons. The maximum atomic E-state index is 9.61. The van der Waals surface area contributed by atoms with E-state index in [0.29, 0.717) is 35.2 Å². The zero-order chi connectivity index (χ0) is 34.6. The van der Waals surface area contributed by atoms with Crippen LogP contribution in [-0.2, 0) is 10.8 Å². The Labute approximate surface area is 291 Å². The summed E-state index contributed by atoms with van der Waals surface area (Å²) in [7, 11) is 0. The molecule has 2 aliphatic carbocycles. The number of benzene rings is 4. The van der Waals surface area contributed by atoms with Crippen molar-refractivity contribution in [1.82, 2.24) is 0 Å². The molecule has 6 rings (SSSR count). The molecule has 4 aromatic carbocycles. The van der Waals surface area contributed by atoms with E-state index in [2.05, 4.69) is 128 Å². The van der Waals surface area contributed by atoms with Crippen LogP contribution in [0.3, 0.4) is 0 Å². The molecule has 2 aliphatic rings. The Kier molecular flexibility index (Phi) is 11.1. The summed E-state index contributed by atoms with van der Waals surface area (Å²) in [5.74, 6) is 4.85. The molecule has 48 heavy (non-hydrogen) atoms. The van der Waals surface area contributed by atoms with Gasteiger partial charge in [-0.25, -0.2) is 0 Å². The van der Waals surface area contributed by atoms with Crippen LogP contribution in [0.2, 0.25) is 0 Å². The van der Waals surface area contributed by atoms with Gasteiger partial charge in [-0.15, -0.1) is 0 Å². The first-order valence-electron chi connectivity index (χ1n) is 18.5. The fourth-order valence-corrected chi connectivity index (χ4v) is 8.91. The lowest BCUT2D eigenvalue weighted by Crippen LogP contribution is -2.35. The summed E-state index contributed by atoms with van der Waals surface area (Å²) < 4.78 is 0. The summed E-state index contributed by atoms with van der Waals surface area (Å²) in [6, 6.07) is 34.0. The van der Waals surface area contributed by atoms with Crippen LogP contribution < -0.4 is 0 Å². The van der Waals surface area contributed by atoms with Crippen LogP contribution in [0.1, 0.15) is 125 Å². The summed E-state index contributed by atoms with van der Waals surface area (Å²) in [6.07, 6.45) is 7.51. The van der Waals surface area contributed by atoms with Gasteiger partial charge in [-0.1, -0.05) is 125 Å². The molecule has 0 aliphatic heterocycles. The molecule has 0 heterocycles. The molecule has 2 heteroatoms. The Balaban J connectivity index is 0.000000188. The molecular formula is C46H60O2. The minimum absolute atomic E-state index is 0.136. The zero-order valence-electron chi connectivity index (χ0n) is 30.8. The molecule has 2 nitrogen and oxygen atoms in total. The van der Waals surface area contributed by atoms with Gasteiger partial charge in [0, 0.05) is 0 Å². The maximum Gasteiger partial charge on any atom is 0.115 e. The van der Waals surface area contributed by atoms with Crippen molar-refractivity contribution in [2.24, 2.45) is 23.7 Å². The lowest BCUT2D eigenvalue weighted by Gasteiger charge is -2.45. The Hall–Kier alpha value is -3.52. The summed E-state index contributed by atoms with van der Waals surface area (Å²) in [5, 5.41) is 19.2. The van der Waals surface area contributed by atoms with Crippen molar-refractivity contribution >= 4 is 0 Å².